The first-order valence-electron chi connectivity index (χ1n) is 8.17. The number of morpholine rings is 1. The fourth-order valence-electron chi connectivity index (χ4n) is 2.95. The molecular formula is C18H23N3O2. The summed E-state index contributed by atoms with van der Waals surface area (Å²) in [4.78, 5) is 12.4. The molecule has 1 atom stereocenters. The minimum Gasteiger partial charge on any atom is -0.371 e. The summed E-state index contributed by atoms with van der Waals surface area (Å²) in [5, 5.41) is 10.4. The van der Waals surface area contributed by atoms with Crippen molar-refractivity contribution in [3.05, 3.63) is 52.3 Å². The number of nitrogens with one attached hydrogen (secondary N) is 2. The molecule has 0 aliphatic carbocycles. The third-order valence-corrected chi connectivity index (χ3v) is 4.37. The van der Waals surface area contributed by atoms with Crippen LogP contribution in [0.3, 0.4) is 0 Å². The number of aromatic nitrogens is 2. The number of benzene rings is 1. The summed E-state index contributed by atoms with van der Waals surface area (Å²) in [7, 11) is 0. The number of H-pyrrole nitrogens is 1. The first kappa shape index (κ1) is 15.9. The smallest absolute Gasteiger partial charge is 0.187 e. The average molecular weight is 313 g/mol. The molecule has 0 spiro atoms. The van der Waals surface area contributed by atoms with E-state index in [1.165, 1.54) is 0 Å². The van der Waals surface area contributed by atoms with Crippen molar-refractivity contribution < 1.29 is 9.53 Å². The zero-order chi connectivity index (χ0) is 16.2. The van der Waals surface area contributed by atoms with Gasteiger partial charge in [0.15, 0.2) is 5.78 Å². The van der Waals surface area contributed by atoms with Crippen LogP contribution in [0.15, 0.2) is 24.3 Å². The Balaban J connectivity index is 1.67. The maximum absolute atomic E-state index is 12.4. The Morgan fingerprint density at radius 3 is 2.74 bits per heavy atom. The predicted molar refractivity (Wildman–Crippen MR) is 88.7 cm³/mol. The number of aromatic amines is 1. The number of rotatable bonds is 5. The lowest BCUT2D eigenvalue weighted by atomic mass is 10.0. The fourth-order valence-corrected chi connectivity index (χ4v) is 2.95. The zero-order valence-electron chi connectivity index (χ0n) is 13.7. The van der Waals surface area contributed by atoms with E-state index in [0.717, 1.165) is 48.5 Å². The first-order chi connectivity index (χ1) is 11.2. The van der Waals surface area contributed by atoms with Crippen molar-refractivity contribution in [1.29, 1.82) is 0 Å². The van der Waals surface area contributed by atoms with Gasteiger partial charge in [-0.2, -0.15) is 5.10 Å². The molecule has 3 rings (SSSR count). The lowest BCUT2D eigenvalue weighted by Crippen LogP contribution is -2.33. The third-order valence-electron chi connectivity index (χ3n) is 4.37. The van der Waals surface area contributed by atoms with Crippen LogP contribution in [0.2, 0.25) is 0 Å². The Kier molecular flexibility index (Phi) is 4.88. The van der Waals surface area contributed by atoms with Gasteiger partial charge < -0.3 is 10.1 Å². The molecule has 0 saturated carbocycles. The number of hydrogen-bond acceptors (Lipinski definition) is 4. The molecule has 1 saturated heterocycles. The van der Waals surface area contributed by atoms with Crippen LogP contribution < -0.4 is 5.32 Å². The number of ether oxygens (including phenoxy) is 1. The van der Waals surface area contributed by atoms with Crippen molar-refractivity contribution in [3.8, 4) is 0 Å². The van der Waals surface area contributed by atoms with Gasteiger partial charge in [-0.1, -0.05) is 31.2 Å². The molecular weight excluding hydrogens is 290 g/mol. The predicted octanol–water partition coefficient (Wildman–Crippen LogP) is 2.37. The van der Waals surface area contributed by atoms with Crippen LogP contribution in [-0.2, 0) is 17.6 Å². The molecule has 1 aliphatic heterocycles. The highest BCUT2D eigenvalue weighted by Gasteiger charge is 2.17. The second-order valence-electron chi connectivity index (χ2n) is 5.93. The van der Waals surface area contributed by atoms with Crippen LogP contribution in [0, 0.1) is 6.92 Å². The van der Waals surface area contributed by atoms with E-state index in [-0.39, 0.29) is 11.9 Å². The van der Waals surface area contributed by atoms with Crippen LogP contribution in [-0.4, -0.2) is 35.7 Å². The van der Waals surface area contributed by atoms with Gasteiger partial charge in [0.05, 0.1) is 12.7 Å². The number of aryl methyl sites for hydroxylation is 1. The van der Waals surface area contributed by atoms with Crippen LogP contribution in [0.25, 0.3) is 0 Å². The highest BCUT2D eigenvalue weighted by Crippen LogP contribution is 2.20. The van der Waals surface area contributed by atoms with E-state index < -0.39 is 0 Å². The van der Waals surface area contributed by atoms with Gasteiger partial charge in [0, 0.05) is 30.8 Å². The molecule has 5 heteroatoms. The number of Topliss-reactive ketones (excluding diaryl/α,β-unsaturated/α-hetero) is 1. The topological polar surface area (TPSA) is 67.0 Å². The molecule has 1 aromatic heterocycles. The number of hydrogen-bond donors (Lipinski definition) is 2. The quantitative estimate of drug-likeness (QED) is 0.832. The molecule has 2 aromatic rings. The van der Waals surface area contributed by atoms with Crippen molar-refractivity contribution in [2.75, 3.05) is 19.7 Å². The van der Waals surface area contributed by atoms with Gasteiger partial charge in [-0.15, -0.1) is 0 Å². The molecule has 1 fully saturated rings. The third kappa shape index (κ3) is 3.51. The Bertz CT molecular complexity index is 670. The second kappa shape index (κ2) is 7.06. The molecule has 0 radical (unpaired) electrons. The lowest BCUT2D eigenvalue weighted by molar-refractivity contribution is 0.0277. The number of nitrogens with zero attached hydrogens (tertiary/aromatic N) is 1. The molecule has 0 amide bonds. The molecule has 0 bridgehead atoms. The van der Waals surface area contributed by atoms with Crippen molar-refractivity contribution in [2.45, 2.75) is 32.8 Å². The van der Waals surface area contributed by atoms with Crippen LogP contribution >= 0.6 is 0 Å². The van der Waals surface area contributed by atoms with Gasteiger partial charge in [0.25, 0.3) is 0 Å². The van der Waals surface area contributed by atoms with E-state index in [0.29, 0.717) is 12.1 Å². The molecule has 2 heterocycles. The number of carbonyl (C=O) groups excluding carboxylic acids is 1. The molecule has 2 N–H and O–H groups in total. The highest BCUT2D eigenvalue weighted by atomic mass is 16.5. The lowest BCUT2D eigenvalue weighted by Gasteiger charge is -2.24. The van der Waals surface area contributed by atoms with Crippen molar-refractivity contribution >= 4 is 5.78 Å². The SMILES string of the molecule is CCc1[nH]nc(C(=O)Cc2ccc(C3CNCCO3)cc2)c1C. The Hall–Kier alpha value is -1.98. The molecule has 5 nitrogen and oxygen atoms in total. The van der Waals surface area contributed by atoms with Gasteiger partial charge in [0.2, 0.25) is 0 Å². The molecule has 1 unspecified atom stereocenters. The second-order valence-corrected chi connectivity index (χ2v) is 5.93. The summed E-state index contributed by atoms with van der Waals surface area (Å²) < 4.78 is 5.74. The van der Waals surface area contributed by atoms with Gasteiger partial charge in [-0.3, -0.25) is 9.89 Å². The molecule has 122 valence electrons. The minimum absolute atomic E-state index is 0.0572. The fraction of sp³-hybridized carbons (Fsp3) is 0.444. The Labute approximate surface area is 136 Å². The number of carbonyl (C=O) groups is 1. The minimum atomic E-state index is 0.0572. The standard InChI is InChI=1S/C18H23N3O2/c1-3-15-12(2)18(21-20-15)16(22)10-13-4-6-14(7-5-13)17-11-19-8-9-23-17/h4-7,17,19H,3,8-11H2,1-2H3,(H,20,21). The summed E-state index contributed by atoms with van der Waals surface area (Å²) >= 11 is 0. The van der Waals surface area contributed by atoms with Crippen LogP contribution in [0.1, 0.15) is 45.9 Å². The Morgan fingerprint density at radius 2 is 2.13 bits per heavy atom. The Morgan fingerprint density at radius 1 is 1.35 bits per heavy atom. The monoisotopic (exact) mass is 313 g/mol. The van der Waals surface area contributed by atoms with Gasteiger partial charge in [-0.05, 0) is 24.5 Å². The molecule has 1 aliphatic rings. The molecule has 23 heavy (non-hydrogen) atoms. The van der Waals surface area contributed by atoms with Crippen molar-refractivity contribution in [3.63, 3.8) is 0 Å². The van der Waals surface area contributed by atoms with E-state index in [1.54, 1.807) is 0 Å². The van der Waals surface area contributed by atoms with E-state index in [4.69, 9.17) is 4.74 Å². The maximum Gasteiger partial charge on any atom is 0.187 e. The van der Waals surface area contributed by atoms with Gasteiger partial charge >= 0.3 is 0 Å². The summed E-state index contributed by atoms with van der Waals surface area (Å²) in [6.45, 7) is 6.49. The summed E-state index contributed by atoms with van der Waals surface area (Å²) in [6.07, 6.45) is 1.34. The summed E-state index contributed by atoms with van der Waals surface area (Å²) in [6, 6.07) is 8.12. The van der Waals surface area contributed by atoms with E-state index in [1.807, 2.05) is 19.1 Å². The first-order valence-corrected chi connectivity index (χ1v) is 8.17. The normalized spacial score (nSPS) is 18.1. The maximum atomic E-state index is 12.4. The summed E-state index contributed by atoms with van der Waals surface area (Å²) in [5.74, 6) is 0.0572. The van der Waals surface area contributed by atoms with E-state index in [9.17, 15) is 4.79 Å². The van der Waals surface area contributed by atoms with E-state index in [2.05, 4.69) is 34.6 Å². The van der Waals surface area contributed by atoms with E-state index >= 15 is 0 Å². The largest absolute Gasteiger partial charge is 0.371 e. The highest BCUT2D eigenvalue weighted by molar-refractivity contribution is 5.97. The summed E-state index contributed by atoms with van der Waals surface area (Å²) in [5.41, 5.74) is 4.72. The molecule has 1 aromatic carbocycles. The van der Waals surface area contributed by atoms with Gasteiger partial charge in [0.1, 0.15) is 5.69 Å². The number of ketones is 1. The average Bonchev–Trinajstić information content (AvgIpc) is 2.97. The van der Waals surface area contributed by atoms with Gasteiger partial charge in [-0.25, -0.2) is 0 Å². The zero-order valence-corrected chi connectivity index (χ0v) is 13.7. The van der Waals surface area contributed by atoms with Crippen molar-refractivity contribution in [1.82, 2.24) is 15.5 Å². The van der Waals surface area contributed by atoms with Crippen molar-refractivity contribution in [2.24, 2.45) is 0 Å². The van der Waals surface area contributed by atoms with Crippen LogP contribution in [0.5, 0.6) is 0 Å². The van der Waals surface area contributed by atoms with Crippen LogP contribution in [0.4, 0.5) is 0 Å².